The summed E-state index contributed by atoms with van der Waals surface area (Å²) in [6.07, 6.45) is -1.54. The molecule has 0 saturated carbocycles. The maximum atomic E-state index is 10.8. The summed E-state index contributed by atoms with van der Waals surface area (Å²) in [7, 11) is 4.51. The second kappa shape index (κ2) is 7.08. The first-order valence-electron chi connectivity index (χ1n) is 5.80. The Morgan fingerprint density at radius 1 is 1.26 bits per heavy atom. The first-order chi connectivity index (χ1) is 9.08. The molecule has 1 rings (SSSR count). The van der Waals surface area contributed by atoms with E-state index in [0.29, 0.717) is 28.9 Å². The highest BCUT2D eigenvalue weighted by Gasteiger charge is 2.26. The Labute approximate surface area is 112 Å². The monoisotopic (exact) mass is 269 g/mol. The lowest BCUT2D eigenvalue weighted by Crippen LogP contribution is -2.30. The van der Waals surface area contributed by atoms with Crippen molar-refractivity contribution in [2.45, 2.75) is 12.2 Å². The van der Waals surface area contributed by atoms with Crippen LogP contribution < -0.4 is 14.8 Å². The van der Waals surface area contributed by atoms with E-state index in [-0.39, 0.29) is 6.54 Å². The zero-order valence-electron chi connectivity index (χ0n) is 11.2. The van der Waals surface area contributed by atoms with Gasteiger partial charge in [0, 0.05) is 12.1 Å². The van der Waals surface area contributed by atoms with Crippen LogP contribution in [0.4, 0.5) is 0 Å². The molecule has 3 N–H and O–H groups in total. The fourth-order valence-electron chi connectivity index (χ4n) is 1.83. The number of hydrogen-bond donors (Lipinski definition) is 3. The smallest absolute Gasteiger partial charge is 0.150 e. The molecule has 6 nitrogen and oxygen atoms in total. The van der Waals surface area contributed by atoms with E-state index < -0.39 is 12.2 Å². The first-order valence-corrected chi connectivity index (χ1v) is 5.80. The van der Waals surface area contributed by atoms with Crippen LogP contribution in [0.5, 0.6) is 11.5 Å². The summed E-state index contributed by atoms with van der Waals surface area (Å²) >= 11 is 0. The zero-order chi connectivity index (χ0) is 14.4. The van der Waals surface area contributed by atoms with Crippen LogP contribution in [0.15, 0.2) is 12.1 Å². The molecule has 0 amide bonds. The highest BCUT2D eigenvalue weighted by atomic mass is 16.5. The number of benzene rings is 1. The molecule has 0 heterocycles. The predicted molar refractivity (Wildman–Crippen MR) is 69.8 cm³/mol. The van der Waals surface area contributed by atoms with E-state index in [1.807, 2.05) is 0 Å². The van der Waals surface area contributed by atoms with Gasteiger partial charge in [0.15, 0.2) is 0 Å². The Bertz CT molecular complexity index is 410. The van der Waals surface area contributed by atoms with Crippen molar-refractivity contribution >= 4 is 6.29 Å². The number of methoxy groups -OCH3 is 2. The molecule has 0 spiro atoms. The van der Waals surface area contributed by atoms with Gasteiger partial charge in [0.1, 0.15) is 23.9 Å². The molecule has 0 bridgehead atoms. The molecule has 6 heteroatoms. The average molecular weight is 269 g/mol. The van der Waals surface area contributed by atoms with Gasteiger partial charge in [-0.3, -0.25) is 4.79 Å². The maximum absolute atomic E-state index is 10.8. The number of carbonyl (C=O) groups is 1. The van der Waals surface area contributed by atoms with Gasteiger partial charge in [-0.25, -0.2) is 0 Å². The quantitative estimate of drug-likeness (QED) is 0.610. The molecule has 0 aliphatic heterocycles. The summed E-state index contributed by atoms with van der Waals surface area (Å²) in [5, 5.41) is 22.8. The second-order valence-electron chi connectivity index (χ2n) is 4.03. The van der Waals surface area contributed by atoms with Crippen LogP contribution in [0.2, 0.25) is 0 Å². The van der Waals surface area contributed by atoms with Crippen molar-refractivity contribution in [2.24, 2.45) is 0 Å². The third-order valence-electron chi connectivity index (χ3n) is 2.78. The van der Waals surface area contributed by atoms with Crippen LogP contribution in [0.1, 0.15) is 22.0 Å². The molecule has 2 atom stereocenters. The highest BCUT2D eigenvalue weighted by molar-refractivity contribution is 5.77. The fourth-order valence-corrected chi connectivity index (χ4v) is 1.83. The molecule has 0 aliphatic carbocycles. The van der Waals surface area contributed by atoms with E-state index in [2.05, 4.69) is 5.32 Å². The Kier molecular flexibility index (Phi) is 5.75. The number of aliphatic hydroxyl groups is 2. The minimum Gasteiger partial charge on any atom is -0.496 e. The minimum atomic E-state index is -1.18. The SMILES string of the molecule is CNCC(O)C(O)c1c(OC)cc(C=O)cc1OC. The molecule has 1 aromatic rings. The molecule has 19 heavy (non-hydrogen) atoms. The van der Waals surface area contributed by atoms with Crippen molar-refractivity contribution in [1.82, 2.24) is 5.32 Å². The molecule has 1 aromatic carbocycles. The molecule has 0 aliphatic rings. The number of aldehydes is 1. The summed E-state index contributed by atoms with van der Waals surface area (Å²) in [5.74, 6) is 0.591. The molecule has 2 unspecified atom stereocenters. The number of carbonyl (C=O) groups excluding carboxylic acids is 1. The van der Waals surface area contributed by atoms with E-state index in [4.69, 9.17) is 9.47 Å². The molecule has 106 valence electrons. The first kappa shape index (κ1) is 15.4. The van der Waals surface area contributed by atoms with Crippen LogP contribution in [0, 0.1) is 0 Å². The van der Waals surface area contributed by atoms with Gasteiger partial charge in [-0.2, -0.15) is 0 Å². The van der Waals surface area contributed by atoms with Gasteiger partial charge < -0.3 is 25.0 Å². The number of ether oxygens (including phenoxy) is 2. The number of aliphatic hydroxyl groups excluding tert-OH is 2. The molecule has 0 aromatic heterocycles. The second-order valence-corrected chi connectivity index (χ2v) is 4.03. The number of likely N-dealkylation sites (N-methyl/N-ethyl adjacent to an activating group) is 1. The van der Waals surface area contributed by atoms with Crippen LogP contribution in [-0.4, -0.2) is 50.4 Å². The van der Waals surface area contributed by atoms with Crippen molar-refractivity contribution in [3.05, 3.63) is 23.3 Å². The third kappa shape index (κ3) is 3.44. The van der Waals surface area contributed by atoms with Crippen LogP contribution in [0.3, 0.4) is 0 Å². The number of rotatable bonds is 7. The van der Waals surface area contributed by atoms with Gasteiger partial charge in [-0.05, 0) is 19.2 Å². The van der Waals surface area contributed by atoms with Crippen LogP contribution >= 0.6 is 0 Å². The number of nitrogens with one attached hydrogen (secondary N) is 1. The summed E-state index contributed by atoms with van der Waals surface area (Å²) in [5.41, 5.74) is 0.686. The largest absolute Gasteiger partial charge is 0.496 e. The topological polar surface area (TPSA) is 88.0 Å². The third-order valence-corrected chi connectivity index (χ3v) is 2.78. The lowest BCUT2D eigenvalue weighted by atomic mass is 10.00. The molecule has 0 saturated heterocycles. The fraction of sp³-hybridized carbons (Fsp3) is 0.462. The van der Waals surface area contributed by atoms with Crippen LogP contribution in [0.25, 0.3) is 0 Å². The molecule has 0 radical (unpaired) electrons. The van der Waals surface area contributed by atoms with Gasteiger partial charge in [0.2, 0.25) is 0 Å². The summed E-state index contributed by atoms with van der Waals surface area (Å²) in [6, 6.07) is 2.97. The minimum absolute atomic E-state index is 0.211. The van der Waals surface area contributed by atoms with E-state index >= 15 is 0 Å². The highest BCUT2D eigenvalue weighted by Crippen LogP contribution is 2.36. The van der Waals surface area contributed by atoms with Gasteiger partial charge in [0.25, 0.3) is 0 Å². The standard InChI is InChI=1S/C13H19NO5/c1-14-6-9(16)13(17)12-10(18-2)4-8(7-15)5-11(12)19-3/h4-5,7,9,13-14,16-17H,6H2,1-3H3. The van der Waals surface area contributed by atoms with Gasteiger partial charge >= 0.3 is 0 Å². The lowest BCUT2D eigenvalue weighted by molar-refractivity contribution is 0.0174. The van der Waals surface area contributed by atoms with Crippen molar-refractivity contribution in [1.29, 1.82) is 0 Å². The van der Waals surface area contributed by atoms with Gasteiger partial charge in [0.05, 0.1) is 25.9 Å². The number of hydrogen-bond acceptors (Lipinski definition) is 6. The maximum Gasteiger partial charge on any atom is 0.150 e. The van der Waals surface area contributed by atoms with E-state index in [1.54, 1.807) is 7.05 Å². The molecular weight excluding hydrogens is 250 g/mol. The lowest BCUT2D eigenvalue weighted by Gasteiger charge is -2.22. The van der Waals surface area contributed by atoms with E-state index in [0.717, 1.165) is 0 Å². The predicted octanol–water partition coefficient (Wildman–Crippen LogP) is 0.130. The molecular formula is C13H19NO5. The summed E-state index contributed by atoms with van der Waals surface area (Å²) in [6.45, 7) is 0.211. The van der Waals surface area contributed by atoms with Gasteiger partial charge in [-0.1, -0.05) is 0 Å². The normalized spacial score (nSPS) is 13.7. The molecule has 0 fully saturated rings. The van der Waals surface area contributed by atoms with E-state index in [9.17, 15) is 15.0 Å². The Balaban J connectivity index is 3.26. The average Bonchev–Trinajstić information content (AvgIpc) is 2.44. The van der Waals surface area contributed by atoms with Gasteiger partial charge in [-0.15, -0.1) is 0 Å². The summed E-state index contributed by atoms with van der Waals surface area (Å²) in [4.78, 5) is 10.8. The Hall–Kier alpha value is -1.63. The van der Waals surface area contributed by atoms with Crippen molar-refractivity contribution in [3.8, 4) is 11.5 Å². The van der Waals surface area contributed by atoms with Crippen molar-refractivity contribution in [3.63, 3.8) is 0 Å². The Morgan fingerprint density at radius 3 is 2.16 bits per heavy atom. The Morgan fingerprint density at radius 2 is 1.79 bits per heavy atom. The zero-order valence-corrected chi connectivity index (χ0v) is 11.2. The summed E-state index contributed by atoms with van der Waals surface area (Å²) < 4.78 is 10.3. The van der Waals surface area contributed by atoms with Crippen LogP contribution in [-0.2, 0) is 0 Å². The van der Waals surface area contributed by atoms with E-state index in [1.165, 1.54) is 26.4 Å². The van der Waals surface area contributed by atoms with Crippen molar-refractivity contribution < 1.29 is 24.5 Å². The van der Waals surface area contributed by atoms with Crippen molar-refractivity contribution in [2.75, 3.05) is 27.8 Å².